The molecule has 113 heavy (non-hydrogen) atoms. The fraction of sp³-hybridized carbons (Fsp3) is 0.0291. The van der Waals surface area contributed by atoms with Crippen LogP contribution in [0.25, 0.3) is 56.7 Å². The van der Waals surface area contributed by atoms with Gasteiger partial charge in [-0.1, -0.05) is 207 Å². The zero-order valence-corrected chi connectivity index (χ0v) is 60.5. The van der Waals surface area contributed by atoms with Crippen molar-refractivity contribution in [1.82, 2.24) is 0 Å². The highest BCUT2D eigenvalue weighted by atomic mass is 19.2. The maximum atomic E-state index is 16.4. The molecule has 0 aromatic heterocycles. The van der Waals surface area contributed by atoms with Crippen molar-refractivity contribution in [2.24, 2.45) is 0 Å². The summed E-state index contributed by atoms with van der Waals surface area (Å²) in [6, 6.07) is 109. The molecule has 4 aliphatic carbocycles. The van der Waals surface area contributed by atoms with Gasteiger partial charge in [-0.25, -0.2) is 26.3 Å². The summed E-state index contributed by atoms with van der Waals surface area (Å²) in [5, 5.41) is 0. The van der Waals surface area contributed by atoms with Gasteiger partial charge in [0.05, 0.1) is 16.2 Å². The maximum absolute atomic E-state index is 16.4. The monoisotopic (exact) mass is 1470 g/mol. The van der Waals surface area contributed by atoms with Crippen molar-refractivity contribution < 1.29 is 35.8 Å². The summed E-state index contributed by atoms with van der Waals surface area (Å²) in [6.07, 6.45) is 3.53. The van der Waals surface area contributed by atoms with Gasteiger partial charge in [-0.3, -0.25) is 0 Å². The summed E-state index contributed by atoms with van der Waals surface area (Å²) >= 11 is 0. The highest BCUT2D eigenvalue weighted by Gasteiger charge is 2.54. The van der Waals surface area contributed by atoms with E-state index in [1.807, 2.05) is 170 Å². The van der Waals surface area contributed by atoms with Crippen molar-refractivity contribution in [1.29, 1.82) is 0 Å². The molecule has 16 aromatic rings. The molecule has 0 heterocycles. The van der Waals surface area contributed by atoms with Gasteiger partial charge in [-0.2, -0.15) is 0 Å². The van der Waals surface area contributed by atoms with Crippen molar-refractivity contribution in [3.63, 3.8) is 0 Å². The lowest BCUT2D eigenvalue weighted by molar-refractivity contribution is 0.482. The lowest BCUT2D eigenvalue weighted by Crippen LogP contribution is -2.29. The van der Waals surface area contributed by atoms with Crippen LogP contribution in [0.4, 0.5) is 60.5 Å². The van der Waals surface area contributed by atoms with Gasteiger partial charge < -0.3 is 19.3 Å². The van der Waals surface area contributed by atoms with Gasteiger partial charge in [0.1, 0.15) is 57.9 Å². The number of anilines is 6. The van der Waals surface area contributed by atoms with Crippen LogP contribution in [0.2, 0.25) is 0 Å². The van der Waals surface area contributed by atoms with Crippen LogP contribution in [-0.4, -0.2) is 0 Å². The van der Waals surface area contributed by atoms with E-state index in [4.69, 9.17) is 9.47 Å². The molecule has 2 unspecified atom stereocenters. The SMILES string of the molecule is C=Cc1ccc(Oc2ccc(C3(c4cc(F)cc(F)c4)c4ccccc4-c4ccc(N(c5cccc(F)c5)c5ccc6c(c5)C5(c7ccccc7-6)c6ccccc6-c6ccc(N(c7cccc(F)c7)c7ccc8c(c7)C(c7ccc(Oc9ccc(C=C)cc9)cc7)(c7cc(F)cc(F)c7)c7ccccc7-8)cc65)cc43)cc2)cc1. The predicted molar refractivity (Wildman–Crippen MR) is 440 cm³/mol. The van der Waals surface area contributed by atoms with Crippen molar-refractivity contribution in [2.75, 3.05) is 9.80 Å². The standard InChI is InChI=1S/C103H64F6N2O2/c1-3-63-27-39-81(40-28-63)112-83-43-31-65(32-44-83)101(67-51-71(106)55-72(107)52-67)93-23-9-5-19-85(93)89-47-35-77(59-97(89)101)110(75-17-13-15-69(104)57-75)79-37-49-91-87-21-7-11-25-95(87)103(99(91)61-79)96-26-12-8-22-88(96)92-50-38-80(62-100(92)103)111(76-18-14-16-70(105)58-76)78-36-48-90-86-20-6-10-24-94(86)102(98(90)60-78,68-53-73(108)56-74(109)54-68)66-33-45-84(46-34-66)113-82-41-29-64(4-2)30-42-82/h3-62H,1-2H2. The van der Waals surface area contributed by atoms with Crippen LogP contribution < -0.4 is 19.3 Å². The predicted octanol–water partition coefficient (Wildman–Crippen LogP) is 27.4. The summed E-state index contributed by atoms with van der Waals surface area (Å²) < 4.78 is 111. The van der Waals surface area contributed by atoms with E-state index in [2.05, 4.69) is 132 Å². The van der Waals surface area contributed by atoms with E-state index in [0.29, 0.717) is 68.2 Å². The van der Waals surface area contributed by atoms with Crippen LogP contribution in [0.1, 0.15) is 77.9 Å². The first-order chi connectivity index (χ1) is 55.3. The Kier molecular flexibility index (Phi) is 16.0. The molecule has 0 N–H and O–H groups in total. The minimum absolute atomic E-state index is 0.366. The first-order valence-electron chi connectivity index (χ1n) is 37.3. The molecule has 0 radical (unpaired) electrons. The number of benzene rings is 16. The molecule has 2 atom stereocenters. The number of nitrogens with zero attached hydrogens (tertiary/aromatic N) is 2. The Hall–Kier alpha value is -14.2. The molecule has 0 saturated heterocycles. The number of hydrogen-bond acceptors (Lipinski definition) is 4. The third-order valence-corrected chi connectivity index (χ3v) is 23.1. The third-order valence-electron chi connectivity index (χ3n) is 23.1. The zero-order valence-electron chi connectivity index (χ0n) is 60.5. The average molecular weight is 1480 g/mol. The van der Waals surface area contributed by atoms with E-state index in [1.54, 1.807) is 24.3 Å². The fourth-order valence-corrected chi connectivity index (χ4v) is 18.6. The molecular formula is C103H64F6N2O2. The van der Waals surface area contributed by atoms with E-state index < -0.39 is 51.1 Å². The molecule has 0 amide bonds. The fourth-order valence-electron chi connectivity index (χ4n) is 18.6. The third kappa shape index (κ3) is 10.7. The molecule has 540 valence electrons. The first kappa shape index (κ1) is 68.1. The van der Waals surface area contributed by atoms with Gasteiger partial charge in [-0.15, -0.1) is 0 Å². The second-order valence-corrected chi connectivity index (χ2v) is 29.1. The Bertz CT molecular complexity index is 6160. The maximum Gasteiger partial charge on any atom is 0.127 e. The largest absolute Gasteiger partial charge is 0.457 e. The summed E-state index contributed by atoms with van der Waals surface area (Å²) in [6.45, 7) is 7.79. The van der Waals surface area contributed by atoms with Crippen LogP contribution in [0.3, 0.4) is 0 Å². The molecule has 10 heteroatoms. The number of hydrogen-bond donors (Lipinski definition) is 0. The van der Waals surface area contributed by atoms with E-state index in [9.17, 15) is 0 Å². The van der Waals surface area contributed by atoms with E-state index in [1.165, 1.54) is 48.5 Å². The average Bonchev–Trinajstić information content (AvgIpc) is 1.54. The van der Waals surface area contributed by atoms with Crippen LogP contribution in [0, 0.1) is 34.9 Å². The highest BCUT2D eigenvalue weighted by Crippen LogP contribution is 2.66. The molecule has 20 rings (SSSR count). The smallest absolute Gasteiger partial charge is 0.127 e. The Morgan fingerprint density at radius 3 is 0.779 bits per heavy atom. The summed E-state index contributed by atoms with van der Waals surface area (Å²) in [4.78, 5) is 4.10. The lowest BCUT2D eigenvalue weighted by atomic mass is 9.67. The summed E-state index contributed by atoms with van der Waals surface area (Å²) in [5.41, 5.74) is 18.5. The molecule has 0 fully saturated rings. The Morgan fingerprint density at radius 2 is 0.478 bits per heavy atom. The quantitative estimate of drug-likeness (QED) is 0.0900. The molecular weight excluding hydrogens is 1410 g/mol. The van der Waals surface area contributed by atoms with Gasteiger partial charge in [0.15, 0.2) is 0 Å². The van der Waals surface area contributed by atoms with Crippen molar-refractivity contribution in [2.45, 2.75) is 16.2 Å². The molecule has 0 bridgehead atoms. The highest BCUT2D eigenvalue weighted by molar-refractivity contribution is 5.99. The van der Waals surface area contributed by atoms with Crippen LogP contribution in [0.5, 0.6) is 23.0 Å². The Morgan fingerprint density at radius 1 is 0.212 bits per heavy atom. The van der Waals surface area contributed by atoms with Crippen molar-refractivity contribution in [3.05, 3.63) is 478 Å². The van der Waals surface area contributed by atoms with E-state index in [-0.39, 0.29) is 0 Å². The van der Waals surface area contributed by atoms with Crippen molar-refractivity contribution >= 4 is 46.3 Å². The van der Waals surface area contributed by atoms with Gasteiger partial charge in [-0.05, 0) is 280 Å². The van der Waals surface area contributed by atoms with Gasteiger partial charge in [0.2, 0.25) is 0 Å². The van der Waals surface area contributed by atoms with Crippen LogP contribution in [0.15, 0.2) is 365 Å². The topological polar surface area (TPSA) is 24.9 Å². The van der Waals surface area contributed by atoms with E-state index in [0.717, 1.165) is 123 Å². The number of rotatable bonds is 16. The first-order valence-corrected chi connectivity index (χ1v) is 37.3. The normalized spacial score (nSPS) is 16.1. The molecule has 16 aromatic carbocycles. The number of fused-ring (bicyclic) bond motifs is 16. The summed E-state index contributed by atoms with van der Waals surface area (Å²) in [5.74, 6) is -1.54. The summed E-state index contributed by atoms with van der Waals surface area (Å²) in [7, 11) is 0. The molecule has 0 saturated carbocycles. The minimum atomic E-state index is -1.32. The Labute approximate surface area is 649 Å². The molecule has 1 spiro atoms. The molecule has 4 aliphatic rings. The van der Waals surface area contributed by atoms with Gasteiger partial charge in [0.25, 0.3) is 0 Å². The van der Waals surface area contributed by atoms with E-state index >= 15 is 26.3 Å². The second-order valence-electron chi connectivity index (χ2n) is 29.1. The van der Waals surface area contributed by atoms with Gasteiger partial charge in [0, 0.05) is 46.3 Å². The second kappa shape index (κ2) is 26.5. The van der Waals surface area contributed by atoms with Crippen LogP contribution >= 0.6 is 0 Å². The number of ether oxygens (including phenoxy) is 2. The number of halogens is 6. The van der Waals surface area contributed by atoms with Crippen LogP contribution in [-0.2, 0) is 16.2 Å². The lowest BCUT2D eigenvalue weighted by Gasteiger charge is -2.35. The Balaban J connectivity index is 0.771. The zero-order chi connectivity index (χ0) is 76.4. The van der Waals surface area contributed by atoms with Crippen molar-refractivity contribution in [3.8, 4) is 67.5 Å². The van der Waals surface area contributed by atoms with Gasteiger partial charge >= 0.3 is 0 Å². The molecule has 0 aliphatic heterocycles. The molecule has 4 nitrogen and oxygen atoms in total. The minimum Gasteiger partial charge on any atom is -0.457 e.